The number of aryl methyl sites for hydroxylation is 1. The van der Waals surface area contributed by atoms with E-state index >= 15 is 0 Å². The van der Waals surface area contributed by atoms with E-state index in [9.17, 15) is 14.4 Å². The van der Waals surface area contributed by atoms with Crippen LogP contribution in [0.1, 0.15) is 50.3 Å². The third-order valence-electron chi connectivity index (χ3n) is 6.48. The van der Waals surface area contributed by atoms with E-state index in [1.54, 1.807) is 37.8 Å². The Hall–Kier alpha value is -3.10. The minimum absolute atomic E-state index is 0.278. The summed E-state index contributed by atoms with van der Waals surface area (Å²) in [6.07, 6.45) is 1.83. The van der Waals surface area contributed by atoms with E-state index in [-0.39, 0.29) is 18.7 Å². The summed E-state index contributed by atoms with van der Waals surface area (Å²) in [5.74, 6) is -0.356. The molecule has 0 aromatic heterocycles. The Kier molecular flexibility index (Phi) is 9.56. The van der Waals surface area contributed by atoms with Crippen molar-refractivity contribution in [2.75, 3.05) is 25.0 Å². The quantitative estimate of drug-likeness (QED) is 0.510. The number of anilines is 1. The summed E-state index contributed by atoms with van der Waals surface area (Å²) in [6.45, 7) is 10.0. The highest BCUT2D eigenvalue weighted by Gasteiger charge is 2.43. The molecule has 3 amide bonds. The second-order valence-electron chi connectivity index (χ2n) is 10.4. The third-order valence-corrected chi connectivity index (χ3v) is 6.99. The van der Waals surface area contributed by atoms with Crippen molar-refractivity contribution >= 4 is 35.7 Å². The van der Waals surface area contributed by atoms with Crippen LogP contribution >= 0.6 is 11.6 Å². The number of fused-ring (bicyclic) bond motifs is 1. The maximum atomic E-state index is 12.9. The number of rotatable bonds is 4. The molecule has 2 aromatic rings. The summed E-state index contributed by atoms with van der Waals surface area (Å²) in [5, 5.41) is 9.24. The molecule has 9 heteroatoms. The zero-order chi connectivity index (χ0) is 27.1. The average molecular weight is 529 g/mol. The molecule has 0 atom stereocenters. The van der Waals surface area contributed by atoms with Crippen LogP contribution in [-0.2, 0) is 27.3 Å². The van der Waals surface area contributed by atoms with Gasteiger partial charge in [-0.25, -0.2) is 4.79 Å². The van der Waals surface area contributed by atoms with E-state index in [1.165, 1.54) is 17.5 Å². The SMILES string of the molecule is Cc1cccc(NC(=O)C2(NC=O)CCN(C(=O)OC(C)(C)C)CC2)c1Cl.c1ccc2c(c1)CCNC2. The van der Waals surface area contributed by atoms with Gasteiger partial charge in [-0.3, -0.25) is 9.59 Å². The van der Waals surface area contributed by atoms with Crippen molar-refractivity contribution in [3.8, 4) is 0 Å². The van der Waals surface area contributed by atoms with Crippen molar-refractivity contribution in [1.29, 1.82) is 0 Å². The van der Waals surface area contributed by atoms with Gasteiger partial charge in [0.2, 0.25) is 12.3 Å². The maximum absolute atomic E-state index is 12.9. The molecule has 8 nitrogen and oxygen atoms in total. The van der Waals surface area contributed by atoms with Crippen LogP contribution in [0.4, 0.5) is 10.5 Å². The molecule has 3 N–H and O–H groups in total. The first-order chi connectivity index (χ1) is 17.5. The molecule has 0 bridgehead atoms. The zero-order valence-electron chi connectivity index (χ0n) is 22.0. The number of hydrogen-bond donors (Lipinski definition) is 3. The van der Waals surface area contributed by atoms with Gasteiger partial charge in [-0.1, -0.05) is 48.0 Å². The fourth-order valence-corrected chi connectivity index (χ4v) is 4.53. The molecule has 2 aliphatic heterocycles. The van der Waals surface area contributed by atoms with E-state index in [2.05, 4.69) is 40.2 Å². The van der Waals surface area contributed by atoms with Crippen molar-refractivity contribution in [2.24, 2.45) is 0 Å². The molecule has 0 spiro atoms. The molecule has 1 fully saturated rings. The number of ether oxygens (including phenoxy) is 1. The first kappa shape index (κ1) is 28.5. The first-order valence-electron chi connectivity index (χ1n) is 12.6. The Labute approximate surface area is 224 Å². The topological polar surface area (TPSA) is 99.8 Å². The second-order valence-corrected chi connectivity index (χ2v) is 10.8. The van der Waals surface area contributed by atoms with Crippen LogP contribution in [0.3, 0.4) is 0 Å². The number of amides is 3. The van der Waals surface area contributed by atoms with Gasteiger partial charge in [0, 0.05) is 19.6 Å². The highest BCUT2D eigenvalue weighted by atomic mass is 35.5. The lowest BCUT2D eigenvalue weighted by Gasteiger charge is -2.40. The predicted molar refractivity (Wildman–Crippen MR) is 146 cm³/mol. The van der Waals surface area contributed by atoms with E-state index in [4.69, 9.17) is 16.3 Å². The molecule has 0 radical (unpaired) electrons. The van der Waals surface area contributed by atoms with Gasteiger partial charge in [-0.2, -0.15) is 0 Å². The van der Waals surface area contributed by atoms with Gasteiger partial charge in [0.15, 0.2) is 0 Å². The number of piperidine rings is 1. The number of hydrogen-bond acceptors (Lipinski definition) is 5. The molecule has 37 heavy (non-hydrogen) atoms. The Morgan fingerprint density at radius 2 is 1.76 bits per heavy atom. The van der Waals surface area contributed by atoms with E-state index in [0.717, 1.165) is 18.7 Å². The smallest absolute Gasteiger partial charge is 0.410 e. The van der Waals surface area contributed by atoms with Crippen LogP contribution in [0.5, 0.6) is 0 Å². The molecule has 4 rings (SSSR count). The van der Waals surface area contributed by atoms with Crippen LogP contribution in [0, 0.1) is 6.92 Å². The van der Waals surface area contributed by atoms with Crippen molar-refractivity contribution < 1.29 is 19.1 Å². The Bertz CT molecular complexity index is 1080. The maximum Gasteiger partial charge on any atom is 0.410 e. The fraction of sp³-hybridized carbons (Fsp3) is 0.464. The highest BCUT2D eigenvalue weighted by Crippen LogP contribution is 2.29. The molecule has 2 aliphatic rings. The monoisotopic (exact) mass is 528 g/mol. The lowest BCUT2D eigenvalue weighted by molar-refractivity contribution is -0.127. The first-order valence-corrected chi connectivity index (χ1v) is 13.0. The third kappa shape index (κ3) is 7.69. The van der Waals surface area contributed by atoms with Gasteiger partial charge >= 0.3 is 6.09 Å². The molecule has 1 saturated heterocycles. The number of nitrogens with zero attached hydrogens (tertiary/aromatic N) is 1. The van der Waals surface area contributed by atoms with Crippen molar-refractivity contribution in [2.45, 2.75) is 64.6 Å². The van der Waals surface area contributed by atoms with Crippen LogP contribution in [0.25, 0.3) is 0 Å². The van der Waals surface area contributed by atoms with Crippen molar-refractivity contribution in [1.82, 2.24) is 15.5 Å². The molecule has 0 unspecified atom stereocenters. The molecule has 0 aliphatic carbocycles. The Morgan fingerprint density at radius 1 is 1.08 bits per heavy atom. The van der Waals surface area contributed by atoms with E-state index < -0.39 is 17.2 Å². The molecule has 0 saturated carbocycles. The molecule has 2 aromatic carbocycles. The van der Waals surface area contributed by atoms with Crippen LogP contribution in [0.15, 0.2) is 42.5 Å². The molecule has 200 valence electrons. The number of carbonyl (C=O) groups excluding carboxylic acids is 3. The second kappa shape index (κ2) is 12.4. The average Bonchev–Trinajstić information content (AvgIpc) is 2.87. The Balaban J connectivity index is 0.000000313. The highest BCUT2D eigenvalue weighted by molar-refractivity contribution is 6.34. The summed E-state index contributed by atoms with van der Waals surface area (Å²) in [4.78, 5) is 37.8. The minimum Gasteiger partial charge on any atom is -0.444 e. The van der Waals surface area contributed by atoms with Gasteiger partial charge in [-0.05, 0) is 76.3 Å². The van der Waals surface area contributed by atoms with Gasteiger partial charge < -0.3 is 25.6 Å². The van der Waals surface area contributed by atoms with Gasteiger partial charge in [0.25, 0.3) is 0 Å². The number of halogens is 1. The van der Waals surface area contributed by atoms with Crippen LogP contribution < -0.4 is 16.0 Å². The van der Waals surface area contributed by atoms with Gasteiger partial charge in [0.1, 0.15) is 11.1 Å². The largest absolute Gasteiger partial charge is 0.444 e. The lowest BCUT2D eigenvalue weighted by Crippen LogP contribution is -2.60. The zero-order valence-corrected chi connectivity index (χ0v) is 22.8. The number of nitrogens with one attached hydrogen (secondary N) is 3. The standard InChI is InChI=1S/C19H26ClN3O4.C9H11N/c1-13-6-5-7-14(15(13)20)22-16(25)19(21-12-24)8-10-23(11-9-19)17(26)27-18(2,3)4;1-2-4-9-7-10-6-5-8(9)3-1/h5-7,12H,8-11H2,1-4H3,(H,21,24)(H,22,25);1-4,10H,5-7H2. The summed E-state index contributed by atoms with van der Waals surface area (Å²) < 4.78 is 5.37. The van der Waals surface area contributed by atoms with Gasteiger partial charge in [0.05, 0.1) is 10.7 Å². The summed E-state index contributed by atoms with van der Waals surface area (Å²) in [6, 6.07) is 14.0. The van der Waals surface area contributed by atoms with E-state index in [1.807, 2.05) is 13.0 Å². The lowest BCUT2D eigenvalue weighted by atomic mass is 9.86. The van der Waals surface area contributed by atoms with Crippen molar-refractivity contribution in [3.63, 3.8) is 0 Å². The minimum atomic E-state index is -1.10. The summed E-state index contributed by atoms with van der Waals surface area (Å²) in [5.41, 5.74) is 2.61. The number of carbonyl (C=O) groups is 3. The predicted octanol–water partition coefficient (Wildman–Crippen LogP) is 4.43. The van der Waals surface area contributed by atoms with E-state index in [0.29, 0.717) is 30.2 Å². The van der Waals surface area contributed by atoms with Gasteiger partial charge in [-0.15, -0.1) is 0 Å². The normalized spacial score (nSPS) is 16.4. The fourth-order valence-electron chi connectivity index (χ4n) is 4.35. The van der Waals surface area contributed by atoms with Crippen molar-refractivity contribution in [3.05, 3.63) is 64.2 Å². The van der Waals surface area contributed by atoms with Crippen LogP contribution in [0.2, 0.25) is 5.02 Å². The number of benzene rings is 2. The summed E-state index contributed by atoms with van der Waals surface area (Å²) >= 11 is 6.25. The van der Waals surface area contributed by atoms with Crippen LogP contribution in [-0.4, -0.2) is 54.1 Å². The molecular formula is C28H37ClN4O4. The number of likely N-dealkylation sites (tertiary alicyclic amines) is 1. The molecule has 2 heterocycles. The Morgan fingerprint density at radius 3 is 2.38 bits per heavy atom. The summed E-state index contributed by atoms with van der Waals surface area (Å²) in [7, 11) is 0. The molecular weight excluding hydrogens is 492 g/mol.